The minimum absolute atomic E-state index is 0. The molecule has 9 heteroatoms. The van der Waals surface area contributed by atoms with Gasteiger partial charge in [0.2, 0.25) is 0 Å². The molecule has 2 aromatic carbocycles. The van der Waals surface area contributed by atoms with Crippen molar-refractivity contribution < 1.29 is 22.4 Å². The van der Waals surface area contributed by atoms with Gasteiger partial charge in [0, 0.05) is 38.8 Å². The maximum atomic E-state index is 13.2. The summed E-state index contributed by atoms with van der Waals surface area (Å²) in [6, 6.07) is 9.10. The van der Waals surface area contributed by atoms with E-state index in [1.54, 1.807) is 32.2 Å². The smallest absolute Gasteiger partial charge is 0.322 e. The van der Waals surface area contributed by atoms with Crippen LogP contribution in [0.4, 0.5) is 28.0 Å². The number of likely N-dealkylation sites (N-methyl/N-ethyl adjacent to an activating group) is 1. The van der Waals surface area contributed by atoms with E-state index in [1.165, 1.54) is 29.0 Å². The number of hydrogen-bond donors (Lipinski definition) is 1. The first-order chi connectivity index (χ1) is 13.6. The highest BCUT2D eigenvalue weighted by molar-refractivity contribution is 5.91. The van der Waals surface area contributed by atoms with Gasteiger partial charge in [0.1, 0.15) is 5.82 Å². The highest BCUT2D eigenvalue weighted by atomic mass is 35.5. The van der Waals surface area contributed by atoms with E-state index >= 15 is 0 Å². The lowest BCUT2D eigenvalue weighted by Gasteiger charge is -2.33. The molecule has 0 bridgehead atoms. The van der Waals surface area contributed by atoms with Crippen LogP contribution in [0, 0.1) is 12.7 Å². The van der Waals surface area contributed by atoms with Crippen molar-refractivity contribution in [3.8, 4) is 0 Å². The molecule has 0 aliphatic carbocycles. The van der Waals surface area contributed by atoms with E-state index in [-0.39, 0.29) is 35.9 Å². The number of carbonyl (C=O) groups is 1. The molecular formula is C21H24ClF4N3O. The van der Waals surface area contributed by atoms with E-state index in [9.17, 15) is 22.4 Å². The van der Waals surface area contributed by atoms with Crippen molar-refractivity contribution in [1.29, 1.82) is 0 Å². The van der Waals surface area contributed by atoms with Crippen molar-refractivity contribution in [3.05, 3.63) is 65.0 Å². The van der Waals surface area contributed by atoms with Crippen LogP contribution < -0.4 is 10.2 Å². The predicted octanol–water partition coefficient (Wildman–Crippen LogP) is 4.82. The minimum Gasteiger partial charge on any atom is -0.322 e. The zero-order valence-corrected chi connectivity index (χ0v) is 17.6. The van der Waals surface area contributed by atoms with Gasteiger partial charge >= 0.3 is 12.2 Å². The molecule has 1 aliphatic heterocycles. The van der Waals surface area contributed by atoms with E-state index in [0.717, 1.165) is 17.7 Å². The first kappa shape index (κ1) is 24.0. The lowest BCUT2D eigenvalue weighted by Crippen LogP contribution is -2.47. The van der Waals surface area contributed by atoms with Gasteiger partial charge in [-0.05, 0) is 48.4 Å². The molecule has 2 amide bonds. The third-order valence-corrected chi connectivity index (χ3v) is 5.34. The third kappa shape index (κ3) is 5.05. The average molecular weight is 446 g/mol. The molecule has 3 rings (SSSR count). The van der Waals surface area contributed by atoms with E-state index in [2.05, 4.69) is 5.32 Å². The Hall–Kier alpha value is -2.32. The molecule has 1 saturated heterocycles. The summed E-state index contributed by atoms with van der Waals surface area (Å²) in [5.74, 6) is -0.374. The van der Waals surface area contributed by atoms with Crippen molar-refractivity contribution in [3.63, 3.8) is 0 Å². The lowest BCUT2D eigenvalue weighted by atomic mass is 9.93. The van der Waals surface area contributed by atoms with Gasteiger partial charge < -0.3 is 10.2 Å². The van der Waals surface area contributed by atoms with Crippen molar-refractivity contribution in [1.82, 2.24) is 10.2 Å². The first-order valence-electron chi connectivity index (χ1n) is 9.23. The van der Waals surface area contributed by atoms with Crippen molar-refractivity contribution in [2.24, 2.45) is 0 Å². The van der Waals surface area contributed by atoms with Crippen molar-refractivity contribution in [2.75, 3.05) is 32.1 Å². The number of benzene rings is 2. The summed E-state index contributed by atoms with van der Waals surface area (Å²) in [4.78, 5) is 15.8. The van der Waals surface area contributed by atoms with Crippen molar-refractivity contribution in [2.45, 2.75) is 25.1 Å². The van der Waals surface area contributed by atoms with Crippen LogP contribution in [0.1, 0.15) is 22.6 Å². The summed E-state index contributed by atoms with van der Waals surface area (Å²) in [6.07, 6.45) is -4.49. The second-order valence-electron chi connectivity index (χ2n) is 7.39. The highest BCUT2D eigenvalue weighted by Crippen LogP contribution is 2.33. The molecule has 4 nitrogen and oxygen atoms in total. The van der Waals surface area contributed by atoms with Gasteiger partial charge in [0.15, 0.2) is 0 Å². The Morgan fingerprint density at radius 2 is 1.70 bits per heavy atom. The molecule has 2 atom stereocenters. The molecule has 2 aromatic rings. The van der Waals surface area contributed by atoms with Crippen LogP contribution in [0.15, 0.2) is 42.5 Å². The predicted molar refractivity (Wildman–Crippen MR) is 111 cm³/mol. The summed E-state index contributed by atoms with van der Waals surface area (Å²) in [5.41, 5.74) is 0.711. The molecule has 0 spiro atoms. The zero-order chi connectivity index (χ0) is 21.3. The van der Waals surface area contributed by atoms with Crippen molar-refractivity contribution >= 4 is 24.1 Å². The van der Waals surface area contributed by atoms with Gasteiger partial charge in [0.05, 0.1) is 11.6 Å². The summed E-state index contributed by atoms with van der Waals surface area (Å²) in [7, 11) is 3.09. The monoisotopic (exact) mass is 445 g/mol. The van der Waals surface area contributed by atoms with Crippen LogP contribution in [0.3, 0.4) is 0 Å². The number of aryl methyl sites for hydroxylation is 1. The number of nitrogens with one attached hydrogen (secondary N) is 1. The van der Waals surface area contributed by atoms with E-state index < -0.39 is 17.8 Å². The van der Waals surface area contributed by atoms with Gasteiger partial charge in [-0.2, -0.15) is 13.2 Å². The molecule has 1 aliphatic rings. The quantitative estimate of drug-likeness (QED) is 0.688. The van der Waals surface area contributed by atoms with E-state index in [0.29, 0.717) is 18.7 Å². The topological polar surface area (TPSA) is 35.6 Å². The number of halogens is 5. The van der Waals surface area contributed by atoms with E-state index in [1.807, 2.05) is 0 Å². The SMILES string of the molecule is Cc1cc(N(C)C(=O)N(C)[C@@H]2CNC[C@H]2c2ccc(F)cc2)cc(C(F)(F)F)c1.Cl. The highest BCUT2D eigenvalue weighted by Gasteiger charge is 2.36. The number of anilines is 1. The molecule has 1 heterocycles. The lowest BCUT2D eigenvalue weighted by molar-refractivity contribution is -0.137. The normalized spacial score (nSPS) is 18.6. The molecular weight excluding hydrogens is 422 g/mol. The Morgan fingerprint density at radius 3 is 2.30 bits per heavy atom. The third-order valence-electron chi connectivity index (χ3n) is 5.34. The number of alkyl halides is 3. The van der Waals surface area contributed by atoms with Gasteiger partial charge in [-0.25, -0.2) is 9.18 Å². The number of rotatable bonds is 3. The van der Waals surface area contributed by atoms with Gasteiger partial charge in [-0.3, -0.25) is 4.90 Å². The molecule has 0 aromatic heterocycles. The maximum absolute atomic E-state index is 13.2. The molecule has 164 valence electrons. The zero-order valence-electron chi connectivity index (χ0n) is 16.8. The number of urea groups is 1. The van der Waals surface area contributed by atoms with E-state index in [4.69, 9.17) is 0 Å². The Kier molecular flexibility index (Phi) is 7.36. The average Bonchev–Trinajstić information content (AvgIpc) is 3.15. The molecule has 0 unspecified atom stereocenters. The molecule has 0 radical (unpaired) electrons. The van der Waals surface area contributed by atoms with Crippen LogP contribution >= 0.6 is 12.4 Å². The number of amides is 2. The number of nitrogens with zero attached hydrogens (tertiary/aromatic N) is 2. The van der Waals surface area contributed by atoms with Gasteiger partial charge in [0.25, 0.3) is 0 Å². The van der Waals surface area contributed by atoms with Gasteiger partial charge in [-0.15, -0.1) is 12.4 Å². The van der Waals surface area contributed by atoms with Crippen LogP contribution in [0.2, 0.25) is 0 Å². The summed E-state index contributed by atoms with van der Waals surface area (Å²) in [6.45, 7) is 2.73. The van der Waals surface area contributed by atoms with Crippen LogP contribution in [0.5, 0.6) is 0 Å². The second-order valence-corrected chi connectivity index (χ2v) is 7.39. The first-order valence-corrected chi connectivity index (χ1v) is 9.23. The standard InChI is InChI=1S/C21H23F4N3O.ClH/c1-13-8-15(21(23,24)25)10-17(9-13)27(2)20(29)28(3)19-12-26-11-18(19)14-4-6-16(22)7-5-14;/h4-10,18-19,26H,11-12H2,1-3H3;1H/t18-,19+;/m0./s1. The van der Waals surface area contributed by atoms with Crippen LogP contribution in [-0.4, -0.2) is 44.2 Å². The molecule has 1 fully saturated rings. The largest absolute Gasteiger partial charge is 0.416 e. The number of carbonyl (C=O) groups excluding carboxylic acids is 1. The molecule has 1 N–H and O–H groups in total. The maximum Gasteiger partial charge on any atom is 0.416 e. The summed E-state index contributed by atoms with van der Waals surface area (Å²) >= 11 is 0. The fourth-order valence-corrected chi connectivity index (χ4v) is 3.73. The Balaban J connectivity index is 0.00000320. The molecule has 30 heavy (non-hydrogen) atoms. The second kappa shape index (κ2) is 9.22. The summed E-state index contributed by atoms with van der Waals surface area (Å²) < 4.78 is 52.6. The summed E-state index contributed by atoms with van der Waals surface area (Å²) in [5, 5.41) is 3.23. The Labute approximate surface area is 179 Å². The fraction of sp³-hybridized carbons (Fsp3) is 0.381. The number of hydrogen-bond acceptors (Lipinski definition) is 2. The Bertz CT molecular complexity index is 889. The molecule has 0 saturated carbocycles. The minimum atomic E-state index is -4.49. The van der Waals surface area contributed by atoms with Crippen LogP contribution in [-0.2, 0) is 6.18 Å². The van der Waals surface area contributed by atoms with Gasteiger partial charge in [-0.1, -0.05) is 12.1 Å². The Morgan fingerprint density at radius 1 is 1.07 bits per heavy atom. The van der Waals surface area contributed by atoms with Crippen LogP contribution in [0.25, 0.3) is 0 Å². The fourth-order valence-electron chi connectivity index (χ4n) is 3.73.